The second kappa shape index (κ2) is 6.26. The lowest BCUT2D eigenvalue weighted by atomic mass is 10.1. The van der Waals surface area contributed by atoms with Crippen molar-refractivity contribution in [1.82, 2.24) is 0 Å². The van der Waals surface area contributed by atoms with E-state index in [0.29, 0.717) is 6.61 Å². The molecule has 2 rings (SSSR count). The van der Waals surface area contributed by atoms with Gasteiger partial charge in [0.05, 0.1) is 13.2 Å². The van der Waals surface area contributed by atoms with E-state index >= 15 is 0 Å². The van der Waals surface area contributed by atoms with Gasteiger partial charge in [0.2, 0.25) is 0 Å². The minimum Gasteiger partial charge on any atom is -0.388 e. The summed E-state index contributed by atoms with van der Waals surface area (Å²) in [4.78, 5) is 0. The molecule has 0 saturated carbocycles. The Morgan fingerprint density at radius 2 is 2.00 bits per heavy atom. The Morgan fingerprint density at radius 1 is 1.28 bits per heavy atom. The van der Waals surface area contributed by atoms with Gasteiger partial charge < -0.3 is 24.4 Å². The molecule has 2 N–H and O–H groups in total. The van der Waals surface area contributed by atoms with E-state index in [1.807, 2.05) is 30.3 Å². The second-order valence-corrected chi connectivity index (χ2v) is 4.26. The van der Waals surface area contributed by atoms with Crippen LogP contribution in [0.2, 0.25) is 0 Å². The highest BCUT2D eigenvalue weighted by molar-refractivity contribution is 5.13. The number of methoxy groups -OCH3 is 1. The highest BCUT2D eigenvalue weighted by Gasteiger charge is 2.39. The third kappa shape index (κ3) is 3.07. The molecule has 1 aliphatic heterocycles. The summed E-state index contributed by atoms with van der Waals surface area (Å²) in [5.74, 6) is 0. The Morgan fingerprint density at radius 3 is 2.67 bits per heavy atom. The van der Waals surface area contributed by atoms with Crippen molar-refractivity contribution in [3.05, 3.63) is 35.9 Å². The first-order chi connectivity index (χ1) is 8.72. The average molecular weight is 254 g/mol. The number of benzene rings is 1. The van der Waals surface area contributed by atoms with Crippen molar-refractivity contribution in [3.63, 3.8) is 0 Å². The summed E-state index contributed by atoms with van der Waals surface area (Å²) >= 11 is 0. The Bertz CT molecular complexity index is 356. The molecule has 1 heterocycles. The molecule has 0 aliphatic carbocycles. The molecular formula is C13H18O5. The molecule has 0 unspecified atom stereocenters. The molecule has 4 atom stereocenters. The number of hydrogen-bond donors (Lipinski definition) is 2. The van der Waals surface area contributed by atoms with Crippen LogP contribution in [0.3, 0.4) is 0 Å². The number of aliphatic hydroxyl groups excluding tert-OH is 2. The molecule has 100 valence electrons. The molecule has 5 nitrogen and oxygen atoms in total. The first-order valence-corrected chi connectivity index (χ1v) is 5.88. The first-order valence-electron chi connectivity index (χ1n) is 5.88. The largest absolute Gasteiger partial charge is 0.388 e. The minimum atomic E-state index is -0.998. The van der Waals surface area contributed by atoms with Crippen molar-refractivity contribution in [1.29, 1.82) is 0 Å². The van der Waals surface area contributed by atoms with E-state index in [4.69, 9.17) is 14.2 Å². The summed E-state index contributed by atoms with van der Waals surface area (Å²) in [7, 11) is 1.44. The zero-order valence-electron chi connectivity index (χ0n) is 10.2. The molecule has 0 bridgehead atoms. The summed E-state index contributed by atoms with van der Waals surface area (Å²) < 4.78 is 15.7. The minimum absolute atomic E-state index is 0.0923. The summed E-state index contributed by atoms with van der Waals surface area (Å²) in [5, 5.41) is 19.7. The Labute approximate surface area is 106 Å². The molecule has 0 amide bonds. The molecule has 1 aromatic rings. The van der Waals surface area contributed by atoms with Crippen LogP contribution in [0.5, 0.6) is 0 Å². The fourth-order valence-corrected chi connectivity index (χ4v) is 1.95. The van der Waals surface area contributed by atoms with Crippen molar-refractivity contribution >= 4 is 0 Å². The van der Waals surface area contributed by atoms with Crippen molar-refractivity contribution in [2.45, 2.75) is 31.2 Å². The van der Waals surface area contributed by atoms with E-state index in [0.717, 1.165) is 5.56 Å². The number of hydrogen-bond acceptors (Lipinski definition) is 5. The van der Waals surface area contributed by atoms with Gasteiger partial charge in [0.1, 0.15) is 18.3 Å². The van der Waals surface area contributed by atoms with E-state index in [2.05, 4.69) is 0 Å². The molecule has 1 saturated heterocycles. The van der Waals surface area contributed by atoms with Crippen molar-refractivity contribution in [2.75, 3.05) is 13.7 Å². The van der Waals surface area contributed by atoms with Crippen LogP contribution in [0.1, 0.15) is 5.56 Å². The van der Waals surface area contributed by atoms with Gasteiger partial charge >= 0.3 is 0 Å². The zero-order valence-corrected chi connectivity index (χ0v) is 10.2. The molecule has 1 aliphatic rings. The molecule has 18 heavy (non-hydrogen) atoms. The summed E-state index contributed by atoms with van der Waals surface area (Å²) in [5.41, 5.74) is 0.984. The highest BCUT2D eigenvalue weighted by atomic mass is 16.7. The maximum atomic E-state index is 9.94. The quantitative estimate of drug-likeness (QED) is 0.808. The predicted molar refractivity (Wildman–Crippen MR) is 63.8 cm³/mol. The Hall–Kier alpha value is -0.980. The van der Waals surface area contributed by atoms with Gasteiger partial charge in [-0.1, -0.05) is 30.3 Å². The molecule has 1 aromatic carbocycles. The molecule has 0 radical (unpaired) electrons. The average Bonchev–Trinajstić information content (AvgIpc) is 2.40. The van der Waals surface area contributed by atoms with Gasteiger partial charge in [0, 0.05) is 7.11 Å². The fraction of sp³-hybridized carbons (Fsp3) is 0.538. The van der Waals surface area contributed by atoms with Crippen molar-refractivity contribution in [3.8, 4) is 0 Å². The normalized spacial score (nSPS) is 32.4. The summed E-state index contributed by atoms with van der Waals surface area (Å²) in [6, 6.07) is 9.58. The molecular weight excluding hydrogens is 236 g/mol. The van der Waals surface area contributed by atoms with Gasteiger partial charge in [-0.2, -0.15) is 0 Å². The van der Waals surface area contributed by atoms with Crippen molar-refractivity contribution < 1.29 is 24.4 Å². The van der Waals surface area contributed by atoms with E-state index in [1.54, 1.807) is 0 Å². The van der Waals surface area contributed by atoms with Crippen LogP contribution in [0.15, 0.2) is 30.3 Å². The Kier molecular flexibility index (Phi) is 4.68. The second-order valence-electron chi connectivity index (χ2n) is 4.26. The Balaban J connectivity index is 1.94. The fourth-order valence-electron chi connectivity index (χ4n) is 1.95. The van der Waals surface area contributed by atoms with Crippen LogP contribution in [0, 0.1) is 0 Å². The maximum Gasteiger partial charge on any atom is 0.185 e. The van der Waals surface area contributed by atoms with Crippen LogP contribution in [-0.4, -0.2) is 48.5 Å². The predicted octanol–water partition coefficient (Wildman–Crippen LogP) is 0.296. The van der Waals surface area contributed by atoms with E-state index in [1.165, 1.54) is 7.11 Å². The van der Waals surface area contributed by atoms with E-state index in [-0.39, 0.29) is 6.61 Å². The number of ether oxygens (including phenoxy) is 3. The zero-order chi connectivity index (χ0) is 13.0. The first kappa shape index (κ1) is 13.5. The lowest BCUT2D eigenvalue weighted by Gasteiger charge is -2.36. The van der Waals surface area contributed by atoms with Gasteiger partial charge in [-0.15, -0.1) is 0 Å². The highest BCUT2D eigenvalue weighted by Crippen LogP contribution is 2.20. The summed E-state index contributed by atoms with van der Waals surface area (Å²) in [6.45, 7) is 0.422. The van der Waals surface area contributed by atoms with Crippen LogP contribution >= 0.6 is 0 Å². The third-order valence-electron chi connectivity index (χ3n) is 2.94. The molecule has 5 heteroatoms. The molecule has 0 spiro atoms. The van der Waals surface area contributed by atoms with Gasteiger partial charge in [-0.05, 0) is 5.56 Å². The third-order valence-corrected chi connectivity index (χ3v) is 2.94. The maximum absolute atomic E-state index is 9.94. The number of aliphatic hydroxyl groups is 2. The lowest BCUT2D eigenvalue weighted by Crippen LogP contribution is -2.54. The van der Waals surface area contributed by atoms with Gasteiger partial charge in [0.15, 0.2) is 6.29 Å². The smallest absolute Gasteiger partial charge is 0.185 e. The van der Waals surface area contributed by atoms with Gasteiger partial charge in [0.25, 0.3) is 0 Å². The topological polar surface area (TPSA) is 68.2 Å². The van der Waals surface area contributed by atoms with Crippen LogP contribution in [0.4, 0.5) is 0 Å². The van der Waals surface area contributed by atoms with Crippen LogP contribution < -0.4 is 0 Å². The van der Waals surface area contributed by atoms with Gasteiger partial charge in [-0.25, -0.2) is 0 Å². The van der Waals surface area contributed by atoms with Gasteiger partial charge in [-0.3, -0.25) is 0 Å². The molecule has 0 aromatic heterocycles. The van der Waals surface area contributed by atoms with Crippen molar-refractivity contribution in [2.24, 2.45) is 0 Å². The van der Waals surface area contributed by atoms with Crippen LogP contribution in [-0.2, 0) is 20.8 Å². The lowest BCUT2D eigenvalue weighted by molar-refractivity contribution is -0.272. The standard InChI is InChI=1S/C13H18O5/c1-16-13-11(15)12(10(14)8-18-13)17-7-9-5-3-2-4-6-9/h2-6,10-15H,7-8H2,1H3/t10-,11+,12+,13+/m1/s1. The monoisotopic (exact) mass is 254 g/mol. The SMILES string of the molecule is CO[C@H]1OC[C@@H](O)[C@H](OCc2ccccc2)[C@@H]1O. The summed E-state index contributed by atoms with van der Waals surface area (Å²) in [6.07, 6.45) is -3.31. The van der Waals surface area contributed by atoms with E-state index in [9.17, 15) is 10.2 Å². The van der Waals surface area contributed by atoms with Crippen LogP contribution in [0.25, 0.3) is 0 Å². The molecule has 1 fully saturated rings. The van der Waals surface area contributed by atoms with E-state index < -0.39 is 24.6 Å². The number of rotatable bonds is 4.